The molecule has 3 saturated heterocycles. The number of aromatic nitrogens is 2. The van der Waals surface area contributed by atoms with Crippen LogP contribution in [0.25, 0.3) is 22.3 Å². The van der Waals surface area contributed by atoms with E-state index in [1.54, 1.807) is 4.68 Å². The van der Waals surface area contributed by atoms with Crippen LogP contribution < -0.4 is 0 Å². The number of hydrogen-bond acceptors (Lipinski definition) is 5. The van der Waals surface area contributed by atoms with Gasteiger partial charge in [0, 0.05) is 70.1 Å². The maximum Gasteiger partial charge on any atom is 0.320 e. The van der Waals surface area contributed by atoms with Crippen LogP contribution in [0.4, 0.5) is 4.79 Å². The van der Waals surface area contributed by atoms with Crippen molar-refractivity contribution in [2.75, 3.05) is 45.9 Å². The lowest BCUT2D eigenvalue weighted by molar-refractivity contribution is -0.131. The molecule has 9 heteroatoms. The summed E-state index contributed by atoms with van der Waals surface area (Å²) < 4.78 is 7.47. The average molecular weight is 553 g/mol. The minimum absolute atomic E-state index is 0.0318. The number of amides is 3. The number of amidine groups is 1. The second-order valence-electron chi connectivity index (χ2n) is 11.8. The molecule has 7 rings (SSSR count). The quantitative estimate of drug-likeness (QED) is 0.479. The summed E-state index contributed by atoms with van der Waals surface area (Å²) in [5.74, 6) is 0.985. The Bertz CT molecular complexity index is 1470. The lowest BCUT2D eigenvalue weighted by atomic mass is 9.98. The van der Waals surface area contributed by atoms with E-state index in [2.05, 4.69) is 53.6 Å². The molecule has 41 heavy (non-hydrogen) atoms. The first-order chi connectivity index (χ1) is 20.0. The molecule has 3 amide bonds. The summed E-state index contributed by atoms with van der Waals surface area (Å²) in [6.07, 6.45) is 7.56. The molecule has 3 fully saturated rings. The molecule has 212 valence electrons. The van der Waals surface area contributed by atoms with Crippen LogP contribution >= 0.6 is 0 Å². The zero-order valence-electron chi connectivity index (χ0n) is 23.5. The number of aliphatic imine (C=N–C) groups is 1. The Morgan fingerprint density at radius 1 is 0.927 bits per heavy atom. The standard InChI is InChI=1S/C32H36N6O3/c1-35-21-28(18-33-35)26-6-4-24(5-7-26)25-8-10-27(11-9-25)29-34-32(13-17-41-22-32)30(39)38(29)20-23-12-16-37(19-23)31(40)36-14-2-3-15-36/h4-11,18,21,23H,2-3,12-17,19-20,22H2,1H3/t23-,32?/m1/s1. The lowest BCUT2D eigenvalue weighted by Gasteiger charge is -2.26. The highest BCUT2D eigenvalue weighted by Crippen LogP contribution is 2.35. The summed E-state index contributed by atoms with van der Waals surface area (Å²) in [5, 5.41) is 4.27. The van der Waals surface area contributed by atoms with E-state index in [1.165, 1.54) is 0 Å². The highest BCUT2D eigenvalue weighted by atomic mass is 16.5. The molecule has 5 heterocycles. The van der Waals surface area contributed by atoms with Crippen LogP contribution in [0.15, 0.2) is 65.9 Å². The van der Waals surface area contributed by atoms with E-state index in [-0.39, 0.29) is 17.9 Å². The zero-order chi connectivity index (χ0) is 28.0. The Morgan fingerprint density at radius 3 is 2.20 bits per heavy atom. The summed E-state index contributed by atoms with van der Waals surface area (Å²) in [6, 6.07) is 17.0. The molecule has 0 radical (unpaired) electrons. The lowest BCUT2D eigenvalue weighted by Crippen LogP contribution is -2.46. The summed E-state index contributed by atoms with van der Waals surface area (Å²) in [7, 11) is 1.92. The number of benzene rings is 2. The van der Waals surface area contributed by atoms with Crippen molar-refractivity contribution in [3.63, 3.8) is 0 Å². The molecule has 1 spiro atoms. The molecular formula is C32H36N6O3. The van der Waals surface area contributed by atoms with Gasteiger partial charge in [0.25, 0.3) is 5.91 Å². The third kappa shape index (κ3) is 4.82. The first-order valence-corrected chi connectivity index (χ1v) is 14.7. The van der Waals surface area contributed by atoms with Gasteiger partial charge >= 0.3 is 6.03 Å². The number of nitrogens with zero attached hydrogens (tertiary/aromatic N) is 6. The van der Waals surface area contributed by atoms with Gasteiger partial charge in [-0.3, -0.25) is 14.4 Å². The molecule has 0 saturated carbocycles. The van der Waals surface area contributed by atoms with Crippen molar-refractivity contribution in [1.29, 1.82) is 0 Å². The largest absolute Gasteiger partial charge is 0.378 e. The maximum absolute atomic E-state index is 13.8. The summed E-state index contributed by atoms with van der Waals surface area (Å²) >= 11 is 0. The van der Waals surface area contributed by atoms with Gasteiger partial charge in [-0.15, -0.1) is 0 Å². The smallest absolute Gasteiger partial charge is 0.320 e. The Kier molecular flexibility index (Phi) is 6.61. The Balaban J connectivity index is 1.09. The highest BCUT2D eigenvalue weighted by molar-refractivity contribution is 6.15. The van der Waals surface area contributed by atoms with Gasteiger partial charge in [0.2, 0.25) is 0 Å². The van der Waals surface area contributed by atoms with E-state index < -0.39 is 5.54 Å². The number of hydrogen-bond donors (Lipinski definition) is 0. The Hall–Kier alpha value is -3.98. The van der Waals surface area contributed by atoms with Gasteiger partial charge < -0.3 is 14.5 Å². The Labute approximate surface area is 240 Å². The van der Waals surface area contributed by atoms with Gasteiger partial charge in [0.1, 0.15) is 5.84 Å². The minimum atomic E-state index is -0.820. The predicted octanol–water partition coefficient (Wildman–Crippen LogP) is 4.04. The average Bonchev–Trinajstić information content (AvgIpc) is 3.84. The summed E-state index contributed by atoms with van der Waals surface area (Å²) in [6.45, 7) is 4.59. The molecule has 2 atom stereocenters. The SMILES string of the molecule is Cn1cc(-c2ccc(-c3ccc(C4=NC5(CCOC5)C(=O)N4C[C@@H]4CCN(C(=O)N5CCCC5)C4)cc3)cc2)cn1. The Morgan fingerprint density at radius 2 is 1.59 bits per heavy atom. The molecule has 1 aromatic heterocycles. The van der Waals surface area contributed by atoms with Crippen LogP contribution in [0, 0.1) is 5.92 Å². The first-order valence-electron chi connectivity index (χ1n) is 14.7. The number of aryl methyl sites for hydroxylation is 1. The number of carbonyl (C=O) groups is 2. The maximum atomic E-state index is 13.8. The molecule has 9 nitrogen and oxygen atoms in total. The molecule has 0 aliphatic carbocycles. The van der Waals surface area contributed by atoms with Crippen LogP contribution in [0.1, 0.15) is 31.2 Å². The van der Waals surface area contributed by atoms with Crippen LogP contribution in [-0.4, -0.2) is 93.7 Å². The van der Waals surface area contributed by atoms with Gasteiger partial charge in [-0.2, -0.15) is 5.10 Å². The fraction of sp³-hybridized carbons (Fsp3) is 0.438. The van der Waals surface area contributed by atoms with E-state index in [0.717, 1.165) is 72.5 Å². The van der Waals surface area contributed by atoms with Crippen molar-refractivity contribution in [3.8, 4) is 22.3 Å². The molecule has 0 N–H and O–H groups in total. The summed E-state index contributed by atoms with van der Waals surface area (Å²) in [5.41, 5.74) is 4.56. The van der Waals surface area contributed by atoms with Gasteiger partial charge in [-0.05, 0) is 41.9 Å². The van der Waals surface area contributed by atoms with Gasteiger partial charge in [0.15, 0.2) is 5.54 Å². The third-order valence-corrected chi connectivity index (χ3v) is 8.99. The van der Waals surface area contributed by atoms with E-state index in [1.807, 2.05) is 34.1 Å². The number of ether oxygens (including phenoxy) is 1. The third-order valence-electron chi connectivity index (χ3n) is 8.99. The first kappa shape index (κ1) is 26.0. The van der Waals surface area contributed by atoms with Crippen molar-refractivity contribution in [2.45, 2.75) is 31.2 Å². The molecule has 4 aliphatic heterocycles. The van der Waals surface area contributed by atoms with Crippen molar-refractivity contribution in [3.05, 3.63) is 66.5 Å². The van der Waals surface area contributed by atoms with Crippen molar-refractivity contribution < 1.29 is 14.3 Å². The van der Waals surface area contributed by atoms with E-state index in [4.69, 9.17) is 9.73 Å². The second kappa shape index (κ2) is 10.4. The summed E-state index contributed by atoms with van der Waals surface area (Å²) in [4.78, 5) is 37.6. The highest BCUT2D eigenvalue weighted by Gasteiger charge is 2.51. The number of urea groups is 1. The van der Waals surface area contributed by atoms with Crippen LogP contribution in [0.5, 0.6) is 0 Å². The predicted molar refractivity (Wildman–Crippen MR) is 156 cm³/mol. The van der Waals surface area contributed by atoms with Crippen molar-refractivity contribution >= 4 is 17.8 Å². The van der Waals surface area contributed by atoms with Crippen molar-refractivity contribution in [1.82, 2.24) is 24.5 Å². The molecule has 3 aromatic rings. The van der Waals surface area contributed by atoms with E-state index in [9.17, 15) is 9.59 Å². The topological polar surface area (TPSA) is 83.3 Å². The van der Waals surface area contributed by atoms with Crippen LogP contribution in [0.2, 0.25) is 0 Å². The fourth-order valence-corrected chi connectivity index (χ4v) is 6.62. The van der Waals surface area contributed by atoms with Crippen LogP contribution in [-0.2, 0) is 16.6 Å². The van der Waals surface area contributed by atoms with Gasteiger partial charge in [0.05, 0.1) is 12.8 Å². The second-order valence-corrected chi connectivity index (χ2v) is 11.8. The van der Waals surface area contributed by atoms with E-state index >= 15 is 0 Å². The van der Waals surface area contributed by atoms with Crippen molar-refractivity contribution in [2.24, 2.45) is 18.0 Å². The minimum Gasteiger partial charge on any atom is -0.378 e. The molecule has 4 aliphatic rings. The molecular weight excluding hydrogens is 516 g/mol. The monoisotopic (exact) mass is 552 g/mol. The molecule has 0 bridgehead atoms. The van der Waals surface area contributed by atoms with Gasteiger partial charge in [-0.25, -0.2) is 9.79 Å². The van der Waals surface area contributed by atoms with Gasteiger partial charge in [-0.1, -0.05) is 48.5 Å². The normalized spacial score (nSPS) is 24.2. The molecule has 2 aromatic carbocycles. The number of likely N-dealkylation sites (tertiary alicyclic amines) is 2. The number of rotatable bonds is 5. The fourth-order valence-electron chi connectivity index (χ4n) is 6.62. The number of carbonyl (C=O) groups excluding carboxylic acids is 2. The zero-order valence-corrected chi connectivity index (χ0v) is 23.5. The van der Waals surface area contributed by atoms with E-state index in [0.29, 0.717) is 32.7 Å². The van der Waals surface area contributed by atoms with Crippen LogP contribution in [0.3, 0.4) is 0 Å². The molecule has 1 unspecified atom stereocenters.